The van der Waals surface area contributed by atoms with Gasteiger partial charge in [-0.25, -0.2) is 0 Å². The highest BCUT2D eigenvalue weighted by Gasteiger charge is 2.14. The Bertz CT molecular complexity index is 697. The second-order valence-electron chi connectivity index (χ2n) is 7.62. The molecule has 2 aromatic rings. The molecule has 6 heteroatoms. The highest BCUT2D eigenvalue weighted by atomic mass is 127. The molecule has 0 radical (unpaired) electrons. The second kappa shape index (κ2) is 15.2. The highest BCUT2D eigenvalue weighted by Crippen LogP contribution is 2.27. The zero-order valence-electron chi connectivity index (χ0n) is 18.5. The van der Waals surface area contributed by atoms with Crippen LogP contribution in [0.1, 0.15) is 42.7 Å². The molecule has 1 heterocycles. The van der Waals surface area contributed by atoms with E-state index in [2.05, 4.69) is 76.3 Å². The normalized spacial score (nSPS) is 14.8. The van der Waals surface area contributed by atoms with Crippen molar-refractivity contribution in [1.29, 1.82) is 0 Å². The zero-order chi connectivity index (χ0) is 20.9. The van der Waals surface area contributed by atoms with Gasteiger partial charge in [0.25, 0.3) is 0 Å². The molecule has 3 rings (SSSR count). The van der Waals surface area contributed by atoms with Crippen LogP contribution in [0.25, 0.3) is 0 Å². The third kappa shape index (κ3) is 9.17. The Balaban J connectivity index is 0.00000341. The Kier molecular flexibility index (Phi) is 12.6. The smallest absolute Gasteiger partial charge is 0.190 e. The van der Waals surface area contributed by atoms with Gasteiger partial charge in [0, 0.05) is 45.9 Å². The van der Waals surface area contributed by atoms with Crippen molar-refractivity contribution in [3.05, 3.63) is 71.8 Å². The molecule has 2 N–H and O–H groups in total. The first-order valence-corrected chi connectivity index (χ1v) is 11.1. The molecule has 31 heavy (non-hydrogen) atoms. The predicted molar refractivity (Wildman–Crippen MR) is 139 cm³/mol. The van der Waals surface area contributed by atoms with Crippen molar-refractivity contribution in [1.82, 2.24) is 10.6 Å². The van der Waals surface area contributed by atoms with E-state index in [4.69, 9.17) is 9.47 Å². The van der Waals surface area contributed by atoms with Crippen LogP contribution in [0, 0.1) is 0 Å². The van der Waals surface area contributed by atoms with E-state index >= 15 is 0 Å². The second-order valence-corrected chi connectivity index (χ2v) is 7.62. The lowest BCUT2D eigenvalue weighted by Crippen LogP contribution is -2.39. The molecule has 0 aromatic heterocycles. The first kappa shape index (κ1) is 25.6. The first-order valence-electron chi connectivity index (χ1n) is 11.1. The Morgan fingerprint density at radius 3 is 2.13 bits per heavy atom. The van der Waals surface area contributed by atoms with Crippen LogP contribution in [-0.4, -0.2) is 52.0 Å². The molecule has 5 nitrogen and oxygen atoms in total. The summed E-state index contributed by atoms with van der Waals surface area (Å²) in [6.45, 7) is 4.13. The lowest BCUT2D eigenvalue weighted by molar-refractivity contribution is -0.0320. The van der Waals surface area contributed by atoms with E-state index in [-0.39, 0.29) is 24.0 Å². The van der Waals surface area contributed by atoms with Crippen molar-refractivity contribution in [2.24, 2.45) is 4.99 Å². The van der Waals surface area contributed by atoms with Crippen molar-refractivity contribution in [2.75, 3.05) is 40.0 Å². The SMILES string of the molecule is CN=C(NCCCOC1CCOCC1)NCCC(c1ccccc1)c1ccccc1.I. The van der Waals surface area contributed by atoms with Gasteiger partial charge in [0.15, 0.2) is 5.96 Å². The molecule has 1 aliphatic rings. The molecule has 0 aliphatic carbocycles. The Morgan fingerprint density at radius 1 is 0.968 bits per heavy atom. The molecule has 0 atom stereocenters. The largest absolute Gasteiger partial charge is 0.381 e. The quantitative estimate of drug-likeness (QED) is 0.202. The number of aliphatic imine (C=N–C) groups is 1. The van der Waals surface area contributed by atoms with Crippen LogP contribution in [-0.2, 0) is 9.47 Å². The third-order valence-corrected chi connectivity index (χ3v) is 5.49. The van der Waals surface area contributed by atoms with Crippen molar-refractivity contribution in [2.45, 2.75) is 37.7 Å². The van der Waals surface area contributed by atoms with E-state index < -0.39 is 0 Å². The maximum absolute atomic E-state index is 5.93. The fraction of sp³-hybridized carbons (Fsp3) is 0.480. The van der Waals surface area contributed by atoms with Crippen LogP contribution in [0.5, 0.6) is 0 Å². The fourth-order valence-corrected chi connectivity index (χ4v) is 3.82. The third-order valence-electron chi connectivity index (χ3n) is 5.49. The highest BCUT2D eigenvalue weighted by molar-refractivity contribution is 14.0. The summed E-state index contributed by atoms with van der Waals surface area (Å²) in [5.41, 5.74) is 2.69. The monoisotopic (exact) mass is 537 g/mol. The predicted octanol–water partition coefficient (Wildman–Crippen LogP) is 4.58. The number of guanidine groups is 1. The number of rotatable bonds is 10. The summed E-state index contributed by atoms with van der Waals surface area (Å²) >= 11 is 0. The van der Waals surface area contributed by atoms with Crippen LogP contribution in [0.3, 0.4) is 0 Å². The summed E-state index contributed by atoms with van der Waals surface area (Å²) < 4.78 is 11.3. The summed E-state index contributed by atoms with van der Waals surface area (Å²) in [5.74, 6) is 1.21. The summed E-state index contributed by atoms with van der Waals surface area (Å²) in [4.78, 5) is 4.35. The molecule has 0 bridgehead atoms. The minimum Gasteiger partial charge on any atom is -0.381 e. The molecule has 1 fully saturated rings. The van der Waals surface area contributed by atoms with Crippen LogP contribution in [0.2, 0.25) is 0 Å². The van der Waals surface area contributed by atoms with Crippen LogP contribution >= 0.6 is 24.0 Å². The maximum atomic E-state index is 5.93. The number of nitrogens with one attached hydrogen (secondary N) is 2. The molecule has 1 aliphatic heterocycles. The van der Waals surface area contributed by atoms with E-state index in [9.17, 15) is 0 Å². The van der Waals surface area contributed by atoms with Gasteiger partial charge in [0.1, 0.15) is 0 Å². The number of halogens is 1. The van der Waals surface area contributed by atoms with Gasteiger partial charge < -0.3 is 20.1 Å². The van der Waals surface area contributed by atoms with Gasteiger partial charge in [-0.1, -0.05) is 60.7 Å². The van der Waals surface area contributed by atoms with Gasteiger partial charge in [0.05, 0.1) is 6.10 Å². The molecule has 0 saturated carbocycles. The van der Waals surface area contributed by atoms with Gasteiger partial charge in [-0.3, -0.25) is 4.99 Å². The summed E-state index contributed by atoms with van der Waals surface area (Å²) in [5, 5.41) is 6.86. The standard InChI is InChI=1S/C25H35N3O2.HI/c1-26-25(27-16-8-18-30-23-14-19-29-20-15-23)28-17-13-24(21-9-4-2-5-10-21)22-11-6-3-7-12-22;/h2-7,9-12,23-24H,8,13-20H2,1H3,(H2,26,27,28);1H. The number of hydrogen-bond acceptors (Lipinski definition) is 3. The van der Waals surface area contributed by atoms with Crippen LogP contribution in [0.15, 0.2) is 65.7 Å². The Morgan fingerprint density at radius 2 is 1.55 bits per heavy atom. The van der Waals surface area contributed by atoms with Crippen molar-refractivity contribution in [3.8, 4) is 0 Å². The number of nitrogens with zero attached hydrogens (tertiary/aromatic N) is 1. The molecular weight excluding hydrogens is 501 g/mol. The maximum Gasteiger partial charge on any atom is 0.190 e. The topological polar surface area (TPSA) is 54.9 Å². The first-order chi connectivity index (χ1) is 14.9. The number of benzene rings is 2. The van der Waals surface area contributed by atoms with Gasteiger partial charge in [-0.15, -0.1) is 24.0 Å². The molecule has 1 saturated heterocycles. The lowest BCUT2D eigenvalue weighted by Gasteiger charge is -2.22. The molecule has 170 valence electrons. The van der Waals surface area contributed by atoms with Gasteiger partial charge in [-0.05, 0) is 36.8 Å². The minimum atomic E-state index is 0. The summed E-state index contributed by atoms with van der Waals surface area (Å²) in [6, 6.07) is 21.4. The van der Waals surface area contributed by atoms with Gasteiger partial charge in [0.2, 0.25) is 0 Å². The van der Waals surface area contributed by atoms with E-state index in [0.717, 1.165) is 64.6 Å². The molecular formula is C25H36IN3O2. The van der Waals surface area contributed by atoms with Crippen molar-refractivity contribution < 1.29 is 9.47 Å². The Labute approximate surface area is 204 Å². The van der Waals surface area contributed by atoms with E-state index in [0.29, 0.717) is 12.0 Å². The number of ether oxygens (including phenoxy) is 2. The number of hydrogen-bond donors (Lipinski definition) is 2. The molecule has 2 aromatic carbocycles. The Hall–Kier alpha value is -1.64. The van der Waals surface area contributed by atoms with Crippen molar-refractivity contribution >= 4 is 29.9 Å². The van der Waals surface area contributed by atoms with E-state index in [1.807, 2.05) is 7.05 Å². The summed E-state index contributed by atoms with van der Waals surface area (Å²) in [7, 11) is 1.82. The lowest BCUT2D eigenvalue weighted by atomic mass is 9.88. The molecule has 0 spiro atoms. The van der Waals surface area contributed by atoms with Crippen molar-refractivity contribution in [3.63, 3.8) is 0 Å². The van der Waals surface area contributed by atoms with E-state index in [1.54, 1.807) is 0 Å². The molecule has 0 unspecified atom stereocenters. The zero-order valence-corrected chi connectivity index (χ0v) is 20.8. The average Bonchev–Trinajstić information content (AvgIpc) is 2.82. The van der Waals surface area contributed by atoms with E-state index in [1.165, 1.54) is 11.1 Å². The van der Waals surface area contributed by atoms with Gasteiger partial charge in [-0.2, -0.15) is 0 Å². The van der Waals surface area contributed by atoms with Gasteiger partial charge >= 0.3 is 0 Å². The van der Waals surface area contributed by atoms with Crippen LogP contribution in [0.4, 0.5) is 0 Å². The minimum absolute atomic E-state index is 0. The fourth-order valence-electron chi connectivity index (χ4n) is 3.82. The van der Waals surface area contributed by atoms with Crippen LogP contribution < -0.4 is 10.6 Å². The molecule has 0 amide bonds. The average molecular weight is 537 g/mol. The summed E-state index contributed by atoms with van der Waals surface area (Å²) in [6.07, 6.45) is 4.36.